The molecular formula is C26H25ClN4O3S. The van der Waals surface area contributed by atoms with Crippen LogP contribution in [-0.2, 0) is 21.1 Å². The zero-order chi connectivity index (χ0) is 25.0. The number of carbonyl (C=O) groups excluding carboxylic acids is 1. The molecule has 0 bridgehead atoms. The molecule has 35 heavy (non-hydrogen) atoms. The smallest absolute Gasteiger partial charge is 0.246 e. The van der Waals surface area contributed by atoms with Gasteiger partial charge >= 0.3 is 0 Å². The fourth-order valence-electron chi connectivity index (χ4n) is 4.30. The van der Waals surface area contributed by atoms with Crippen molar-refractivity contribution in [2.75, 3.05) is 34.9 Å². The second-order valence-electron chi connectivity index (χ2n) is 8.67. The lowest BCUT2D eigenvalue weighted by atomic mass is 10.0. The number of piperazine rings is 1. The van der Waals surface area contributed by atoms with Crippen LogP contribution in [0, 0.1) is 11.3 Å². The normalized spacial score (nSPS) is 16.3. The van der Waals surface area contributed by atoms with Gasteiger partial charge in [0.05, 0.1) is 23.9 Å². The van der Waals surface area contributed by atoms with Gasteiger partial charge in [0.15, 0.2) is 0 Å². The van der Waals surface area contributed by atoms with E-state index >= 15 is 0 Å². The third kappa shape index (κ3) is 6.18. The molecule has 1 atom stereocenters. The number of amides is 1. The lowest BCUT2D eigenvalue weighted by Crippen LogP contribution is -2.57. The number of hydrogen-bond donors (Lipinski definition) is 0. The van der Waals surface area contributed by atoms with Crippen LogP contribution in [0.15, 0.2) is 67.0 Å². The van der Waals surface area contributed by atoms with E-state index in [1.807, 2.05) is 29.2 Å². The van der Waals surface area contributed by atoms with Crippen LogP contribution < -0.4 is 9.80 Å². The van der Waals surface area contributed by atoms with Crippen LogP contribution in [-0.4, -0.2) is 50.4 Å². The van der Waals surface area contributed by atoms with Gasteiger partial charge in [0, 0.05) is 54.1 Å². The molecule has 1 aromatic heterocycles. The highest BCUT2D eigenvalue weighted by Gasteiger charge is 2.34. The first-order chi connectivity index (χ1) is 16.7. The van der Waals surface area contributed by atoms with Crippen molar-refractivity contribution in [3.63, 3.8) is 0 Å². The number of rotatable bonds is 7. The standard InChI is InChI=1S/C26H25ClN4O3S/c1-35(33,34)12-10-24-17-31(23-4-2-3-22(27)14-23)26(32)18-30(24)25-9-11-29-16-21(25)13-19-5-7-20(15-28)8-6-19/h2-9,11,14,16,24H,10,12-13,17-18H2,1H3. The highest BCUT2D eigenvalue weighted by atomic mass is 35.5. The fraction of sp³-hybridized carbons (Fsp3) is 0.269. The Kier molecular flexibility index (Phi) is 7.39. The van der Waals surface area contributed by atoms with E-state index in [0.29, 0.717) is 35.7 Å². The molecule has 1 aliphatic rings. The third-order valence-corrected chi connectivity index (χ3v) is 7.26. The quantitative estimate of drug-likeness (QED) is 0.481. The molecule has 180 valence electrons. The van der Waals surface area contributed by atoms with Crippen molar-refractivity contribution in [3.05, 3.63) is 88.7 Å². The molecule has 0 N–H and O–H groups in total. The first kappa shape index (κ1) is 24.7. The van der Waals surface area contributed by atoms with E-state index in [9.17, 15) is 13.2 Å². The minimum atomic E-state index is -3.19. The van der Waals surface area contributed by atoms with Crippen molar-refractivity contribution >= 4 is 38.7 Å². The summed E-state index contributed by atoms with van der Waals surface area (Å²) in [6, 6.07) is 18.2. The Morgan fingerprint density at radius 2 is 1.94 bits per heavy atom. The second-order valence-corrected chi connectivity index (χ2v) is 11.4. The van der Waals surface area contributed by atoms with E-state index in [0.717, 1.165) is 16.8 Å². The monoisotopic (exact) mass is 508 g/mol. The second kappa shape index (κ2) is 10.5. The maximum atomic E-state index is 13.3. The minimum Gasteiger partial charge on any atom is -0.357 e. The first-order valence-electron chi connectivity index (χ1n) is 11.2. The van der Waals surface area contributed by atoms with E-state index in [-0.39, 0.29) is 24.2 Å². The summed E-state index contributed by atoms with van der Waals surface area (Å²) < 4.78 is 24.0. The van der Waals surface area contributed by atoms with E-state index in [2.05, 4.69) is 11.1 Å². The van der Waals surface area contributed by atoms with Gasteiger partial charge in [0.2, 0.25) is 5.91 Å². The average Bonchev–Trinajstić information content (AvgIpc) is 2.83. The van der Waals surface area contributed by atoms with Gasteiger partial charge in [-0.25, -0.2) is 8.42 Å². The lowest BCUT2D eigenvalue weighted by Gasteiger charge is -2.43. The molecule has 7 nitrogen and oxygen atoms in total. The summed E-state index contributed by atoms with van der Waals surface area (Å²) in [6.45, 7) is 0.443. The van der Waals surface area contributed by atoms with Crippen LogP contribution in [0.1, 0.15) is 23.1 Å². The minimum absolute atomic E-state index is 0.0157. The molecule has 9 heteroatoms. The summed E-state index contributed by atoms with van der Waals surface area (Å²) in [5.74, 6) is -0.0779. The molecule has 0 spiro atoms. The van der Waals surface area contributed by atoms with Gasteiger partial charge in [-0.3, -0.25) is 9.78 Å². The van der Waals surface area contributed by atoms with E-state index in [1.54, 1.807) is 47.6 Å². The van der Waals surface area contributed by atoms with Crippen LogP contribution in [0.2, 0.25) is 5.02 Å². The van der Waals surface area contributed by atoms with Crippen LogP contribution in [0.3, 0.4) is 0 Å². The molecule has 3 aromatic rings. The van der Waals surface area contributed by atoms with Crippen molar-refractivity contribution in [1.29, 1.82) is 5.26 Å². The van der Waals surface area contributed by atoms with Gasteiger partial charge in [-0.15, -0.1) is 0 Å². The van der Waals surface area contributed by atoms with Crippen LogP contribution >= 0.6 is 11.6 Å². The maximum Gasteiger partial charge on any atom is 0.246 e. The third-order valence-electron chi connectivity index (χ3n) is 6.05. The van der Waals surface area contributed by atoms with Gasteiger partial charge in [0.25, 0.3) is 0 Å². The number of benzene rings is 2. The van der Waals surface area contributed by atoms with Crippen LogP contribution in [0.4, 0.5) is 11.4 Å². The zero-order valence-corrected chi connectivity index (χ0v) is 20.8. The molecule has 1 amide bonds. The Morgan fingerprint density at radius 1 is 1.17 bits per heavy atom. The Morgan fingerprint density at radius 3 is 2.63 bits per heavy atom. The van der Waals surface area contributed by atoms with Crippen LogP contribution in [0.25, 0.3) is 0 Å². The zero-order valence-electron chi connectivity index (χ0n) is 19.3. The van der Waals surface area contributed by atoms with Crippen molar-refractivity contribution in [2.45, 2.75) is 18.9 Å². The number of carbonyl (C=O) groups is 1. The Bertz CT molecular complexity index is 1370. The van der Waals surface area contributed by atoms with Crippen molar-refractivity contribution in [3.8, 4) is 6.07 Å². The van der Waals surface area contributed by atoms with Gasteiger partial charge in [-0.1, -0.05) is 29.8 Å². The number of nitrogens with zero attached hydrogens (tertiary/aromatic N) is 4. The molecule has 1 fully saturated rings. The van der Waals surface area contributed by atoms with Gasteiger partial charge < -0.3 is 9.80 Å². The summed E-state index contributed by atoms with van der Waals surface area (Å²) in [5, 5.41) is 9.59. The number of sulfone groups is 1. The summed E-state index contributed by atoms with van der Waals surface area (Å²) >= 11 is 6.16. The highest BCUT2D eigenvalue weighted by molar-refractivity contribution is 7.90. The summed E-state index contributed by atoms with van der Waals surface area (Å²) in [6.07, 6.45) is 5.62. The summed E-state index contributed by atoms with van der Waals surface area (Å²) in [4.78, 5) is 21.2. The van der Waals surface area contributed by atoms with Crippen molar-refractivity contribution < 1.29 is 13.2 Å². The molecule has 4 rings (SSSR count). The molecule has 2 aromatic carbocycles. The molecule has 2 heterocycles. The van der Waals surface area contributed by atoms with Gasteiger partial charge in [0.1, 0.15) is 9.84 Å². The summed E-state index contributed by atoms with van der Waals surface area (Å²) in [5.41, 5.74) is 4.06. The predicted octanol–water partition coefficient (Wildman–Crippen LogP) is 3.85. The summed E-state index contributed by atoms with van der Waals surface area (Å²) in [7, 11) is -3.19. The molecule has 1 aliphatic heterocycles. The SMILES string of the molecule is CS(=O)(=O)CCC1CN(c2cccc(Cl)c2)C(=O)CN1c1ccncc1Cc1ccc(C#N)cc1. The predicted molar refractivity (Wildman–Crippen MR) is 137 cm³/mol. The average molecular weight is 509 g/mol. The first-order valence-corrected chi connectivity index (χ1v) is 13.6. The molecule has 1 saturated heterocycles. The molecule has 0 saturated carbocycles. The van der Waals surface area contributed by atoms with Crippen molar-refractivity contribution in [2.24, 2.45) is 0 Å². The van der Waals surface area contributed by atoms with Crippen LogP contribution in [0.5, 0.6) is 0 Å². The molecule has 0 aliphatic carbocycles. The molecular weight excluding hydrogens is 484 g/mol. The topological polar surface area (TPSA) is 94.4 Å². The number of anilines is 2. The number of nitriles is 1. The van der Waals surface area contributed by atoms with E-state index in [1.165, 1.54) is 6.26 Å². The highest BCUT2D eigenvalue weighted by Crippen LogP contribution is 2.31. The van der Waals surface area contributed by atoms with Gasteiger partial charge in [-0.2, -0.15) is 5.26 Å². The Balaban J connectivity index is 1.66. The lowest BCUT2D eigenvalue weighted by molar-refractivity contribution is -0.118. The molecule has 0 radical (unpaired) electrons. The Hall–Kier alpha value is -3.41. The number of halogens is 1. The Labute approximate surface area is 210 Å². The van der Waals surface area contributed by atoms with Crippen molar-refractivity contribution in [1.82, 2.24) is 4.98 Å². The van der Waals surface area contributed by atoms with E-state index in [4.69, 9.17) is 16.9 Å². The molecule has 1 unspecified atom stereocenters. The largest absolute Gasteiger partial charge is 0.357 e. The maximum absolute atomic E-state index is 13.3. The number of pyridine rings is 1. The fourth-order valence-corrected chi connectivity index (χ4v) is 5.18. The number of aromatic nitrogens is 1. The number of hydrogen-bond acceptors (Lipinski definition) is 6. The van der Waals surface area contributed by atoms with Gasteiger partial charge in [-0.05, 0) is 53.9 Å². The van der Waals surface area contributed by atoms with E-state index < -0.39 is 9.84 Å².